The predicted octanol–water partition coefficient (Wildman–Crippen LogP) is 4.08. The maximum atomic E-state index is 12.8. The molecule has 0 heterocycles. The monoisotopic (exact) mass is 381 g/mol. The van der Waals surface area contributed by atoms with Crippen molar-refractivity contribution < 1.29 is 19.1 Å². The Labute approximate surface area is 166 Å². The summed E-state index contributed by atoms with van der Waals surface area (Å²) in [6, 6.07) is 16.7. The van der Waals surface area contributed by atoms with E-state index in [0.717, 1.165) is 18.4 Å². The Morgan fingerprint density at radius 2 is 1.64 bits per heavy atom. The van der Waals surface area contributed by atoms with Crippen molar-refractivity contribution >= 4 is 23.5 Å². The van der Waals surface area contributed by atoms with Gasteiger partial charge in [-0.2, -0.15) is 0 Å². The van der Waals surface area contributed by atoms with Crippen LogP contribution in [0, 0.1) is 0 Å². The Morgan fingerprint density at radius 1 is 1.00 bits per heavy atom. The number of esters is 1. The van der Waals surface area contributed by atoms with Crippen LogP contribution in [-0.4, -0.2) is 31.6 Å². The Kier molecular flexibility index (Phi) is 8.28. The number of carbonyl (C=O) groups is 2. The fourth-order valence-electron chi connectivity index (χ4n) is 2.79. The normalized spacial score (nSPS) is 11.2. The molecule has 5 nitrogen and oxygen atoms in total. The van der Waals surface area contributed by atoms with E-state index in [9.17, 15) is 9.59 Å². The number of para-hydroxylation sites is 1. The summed E-state index contributed by atoms with van der Waals surface area (Å²) in [6.45, 7) is 3.69. The Morgan fingerprint density at radius 3 is 2.29 bits per heavy atom. The lowest BCUT2D eigenvalue weighted by atomic mass is 10.0. The third-order valence-electron chi connectivity index (χ3n) is 4.43. The highest BCUT2D eigenvalue weighted by Gasteiger charge is 2.17. The van der Waals surface area contributed by atoms with Crippen LogP contribution in [0.4, 0.5) is 0 Å². The summed E-state index contributed by atoms with van der Waals surface area (Å²) in [5, 5.41) is 2.86. The summed E-state index contributed by atoms with van der Waals surface area (Å²) in [6.07, 6.45) is 3.38. The van der Waals surface area contributed by atoms with Crippen molar-refractivity contribution in [2.45, 2.75) is 32.7 Å². The Balaban J connectivity index is 2.22. The van der Waals surface area contributed by atoms with Gasteiger partial charge in [0.25, 0.3) is 5.91 Å². The molecule has 0 saturated heterocycles. The van der Waals surface area contributed by atoms with Crippen LogP contribution >= 0.6 is 0 Å². The number of rotatable bonds is 9. The summed E-state index contributed by atoms with van der Waals surface area (Å²) in [7, 11) is 1.58. The van der Waals surface area contributed by atoms with Gasteiger partial charge in [0, 0.05) is 11.6 Å². The van der Waals surface area contributed by atoms with Gasteiger partial charge in [-0.3, -0.25) is 4.79 Å². The van der Waals surface area contributed by atoms with Crippen molar-refractivity contribution in [3.8, 4) is 5.75 Å². The van der Waals surface area contributed by atoms with Crippen molar-refractivity contribution in [3.63, 3.8) is 0 Å². The van der Waals surface area contributed by atoms with E-state index >= 15 is 0 Å². The summed E-state index contributed by atoms with van der Waals surface area (Å²) < 4.78 is 10.7. The van der Waals surface area contributed by atoms with Crippen LogP contribution in [-0.2, 0) is 14.3 Å². The molecular weight excluding hydrogens is 354 g/mol. The molecule has 148 valence electrons. The van der Waals surface area contributed by atoms with Gasteiger partial charge < -0.3 is 14.8 Å². The topological polar surface area (TPSA) is 64.6 Å². The number of methoxy groups -OCH3 is 1. The van der Waals surface area contributed by atoms with E-state index in [1.54, 1.807) is 13.2 Å². The number of hydrogen-bond donors (Lipinski definition) is 1. The van der Waals surface area contributed by atoms with Crippen LogP contribution in [0.25, 0.3) is 11.6 Å². The van der Waals surface area contributed by atoms with Gasteiger partial charge in [-0.25, -0.2) is 4.79 Å². The molecule has 2 aromatic rings. The van der Waals surface area contributed by atoms with Gasteiger partial charge in [0.2, 0.25) is 0 Å². The third-order valence-corrected chi connectivity index (χ3v) is 4.43. The molecule has 0 aliphatic rings. The summed E-state index contributed by atoms with van der Waals surface area (Å²) in [4.78, 5) is 24.8. The minimum absolute atomic E-state index is 0.0870. The molecule has 0 aliphatic carbocycles. The number of benzene rings is 2. The fraction of sp³-hybridized carbons (Fsp3) is 0.304. The second-order valence-electron chi connectivity index (χ2n) is 6.32. The van der Waals surface area contributed by atoms with Gasteiger partial charge in [0.15, 0.2) is 6.61 Å². The first kappa shape index (κ1) is 21.2. The second kappa shape index (κ2) is 10.9. The van der Waals surface area contributed by atoms with E-state index in [4.69, 9.17) is 9.47 Å². The first-order chi connectivity index (χ1) is 13.6. The minimum Gasteiger partial charge on any atom is -0.496 e. The zero-order valence-electron chi connectivity index (χ0n) is 16.6. The smallest absolute Gasteiger partial charge is 0.339 e. The number of hydrogen-bond acceptors (Lipinski definition) is 4. The third kappa shape index (κ3) is 5.98. The van der Waals surface area contributed by atoms with Gasteiger partial charge >= 0.3 is 5.97 Å². The second-order valence-corrected chi connectivity index (χ2v) is 6.32. The van der Waals surface area contributed by atoms with Crippen molar-refractivity contribution in [1.29, 1.82) is 0 Å². The van der Waals surface area contributed by atoms with Crippen LogP contribution < -0.4 is 10.1 Å². The van der Waals surface area contributed by atoms with Crippen molar-refractivity contribution in [2.75, 3.05) is 13.7 Å². The molecule has 0 aliphatic heterocycles. The molecule has 0 aromatic heterocycles. The van der Waals surface area contributed by atoms with Gasteiger partial charge in [-0.1, -0.05) is 62.4 Å². The standard InChI is InChI=1S/C23H27NO4/c1-4-19(5-2)24-22(25)16-28-23(26)20(17-11-7-6-8-12-17)15-18-13-9-10-14-21(18)27-3/h6-15,19H,4-5,16H2,1-3H3,(H,24,25)/b20-15+. The highest BCUT2D eigenvalue weighted by molar-refractivity contribution is 6.22. The van der Waals surface area contributed by atoms with Crippen LogP contribution in [0.1, 0.15) is 37.8 Å². The van der Waals surface area contributed by atoms with E-state index in [1.807, 2.05) is 68.4 Å². The maximum Gasteiger partial charge on any atom is 0.339 e. The van der Waals surface area contributed by atoms with E-state index < -0.39 is 5.97 Å². The lowest BCUT2D eigenvalue weighted by molar-refractivity contribution is -0.143. The minimum atomic E-state index is -0.559. The number of carbonyl (C=O) groups excluding carboxylic acids is 2. The average molecular weight is 381 g/mol. The molecule has 28 heavy (non-hydrogen) atoms. The first-order valence-corrected chi connectivity index (χ1v) is 9.45. The number of ether oxygens (including phenoxy) is 2. The Bertz CT molecular complexity index is 810. The van der Waals surface area contributed by atoms with Crippen molar-refractivity contribution in [2.24, 2.45) is 0 Å². The molecule has 2 aromatic carbocycles. The van der Waals surface area contributed by atoms with Gasteiger partial charge in [-0.15, -0.1) is 0 Å². The molecule has 1 N–H and O–H groups in total. The van der Waals surface area contributed by atoms with Crippen molar-refractivity contribution in [3.05, 3.63) is 65.7 Å². The van der Waals surface area contributed by atoms with Crippen LogP contribution in [0.15, 0.2) is 54.6 Å². The average Bonchev–Trinajstić information content (AvgIpc) is 2.74. The van der Waals surface area contributed by atoms with Crippen LogP contribution in [0.3, 0.4) is 0 Å². The maximum absolute atomic E-state index is 12.8. The zero-order chi connectivity index (χ0) is 20.4. The number of nitrogens with one attached hydrogen (secondary N) is 1. The molecule has 0 fully saturated rings. The number of amides is 1. The summed E-state index contributed by atoms with van der Waals surface area (Å²) in [5.41, 5.74) is 1.82. The Hall–Kier alpha value is -3.08. The largest absolute Gasteiger partial charge is 0.496 e. The SMILES string of the molecule is CCC(CC)NC(=O)COC(=O)/C(=C/c1ccccc1OC)c1ccccc1. The summed E-state index contributed by atoms with van der Waals surface area (Å²) in [5.74, 6) is -0.209. The van der Waals surface area contributed by atoms with Gasteiger partial charge in [-0.05, 0) is 30.5 Å². The van der Waals surface area contributed by atoms with E-state index in [-0.39, 0.29) is 18.6 Å². The molecule has 0 saturated carbocycles. The zero-order valence-corrected chi connectivity index (χ0v) is 16.6. The highest BCUT2D eigenvalue weighted by Crippen LogP contribution is 2.25. The van der Waals surface area contributed by atoms with Gasteiger partial charge in [0.05, 0.1) is 12.7 Å². The lowest BCUT2D eigenvalue weighted by Crippen LogP contribution is -2.36. The molecule has 0 bridgehead atoms. The molecule has 0 atom stereocenters. The molecule has 0 radical (unpaired) electrons. The highest BCUT2D eigenvalue weighted by atomic mass is 16.5. The first-order valence-electron chi connectivity index (χ1n) is 9.45. The van der Waals surface area contributed by atoms with E-state index in [1.165, 1.54) is 0 Å². The van der Waals surface area contributed by atoms with Crippen molar-refractivity contribution in [1.82, 2.24) is 5.32 Å². The summed E-state index contributed by atoms with van der Waals surface area (Å²) >= 11 is 0. The molecule has 0 unspecified atom stereocenters. The van der Waals surface area contributed by atoms with E-state index in [0.29, 0.717) is 16.9 Å². The quantitative estimate of drug-likeness (QED) is 0.404. The van der Waals surface area contributed by atoms with E-state index in [2.05, 4.69) is 5.32 Å². The predicted molar refractivity (Wildman–Crippen MR) is 111 cm³/mol. The van der Waals surface area contributed by atoms with Crippen LogP contribution in [0.5, 0.6) is 5.75 Å². The molecular formula is C23H27NO4. The lowest BCUT2D eigenvalue weighted by Gasteiger charge is -2.15. The molecule has 5 heteroatoms. The van der Waals surface area contributed by atoms with Crippen LogP contribution in [0.2, 0.25) is 0 Å². The fourth-order valence-corrected chi connectivity index (χ4v) is 2.79. The molecule has 1 amide bonds. The molecule has 0 spiro atoms. The molecule has 2 rings (SSSR count). The van der Waals surface area contributed by atoms with Gasteiger partial charge in [0.1, 0.15) is 5.75 Å².